The lowest BCUT2D eigenvalue weighted by atomic mass is 9.63. The summed E-state index contributed by atoms with van der Waals surface area (Å²) >= 11 is 0. The van der Waals surface area contributed by atoms with E-state index in [0.717, 1.165) is 16.9 Å². The van der Waals surface area contributed by atoms with Crippen LogP contribution in [-0.4, -0.2) is 34.1 Å². The fourth-order valence-corrected chi connectivity index (χ4v) is 3.96. The summed E-state index contributed by atoms with van der Waals surface area (Å²) in [6, 6.07) is 5.25. The van der Waals surface area contributed by atoms with Crippen molar-refractivity contribution in [3.63, 3.8) is 0 Å². The van der Waals surface area contributed by atoms with Gasteiger partial charge in [-0.15, -0.1) is 0 Å². The van der Waals surface area contributed by atoms with Crippen LogP contribution in [0.25, 0.3) is 0 Å². The van der Waals surface area contributed by atoms with Gasteiger partial charge in [0, 0.05) is 5.92 Å². The molecule has 3 aliphatic heterocycles. The fraction of sp³-hybridized carbons (Fsp3) is 0.412. The van der Waals surface area contributed by atoms with Crippen LogP contribution >= 0.6 is 0 Å². The lowest BCUT2D eigenvalue weighted by molar-refractivity contribution is -0.158. The highest BCUT2D eigenvalue weighted by atomic mass is 16.2. The van der Waals surface area contributed by atoms with E-state index in [1.807, 2.05) is 13.0 Å². The maximum atomic E-state index is 12.9. The monoisotopic (exact) mass is 312 g/mol. The largest absolute Gasteiger partial charge is 0.294 e. The maximum absolute atomic E-state index is 12.9. The van der Waals surface area contributed by atoms with Gasteiger partial charge < -0.3 is 0 Å². The van der Waals surface area contributed by atoms with Gasteiger partial charge in [0.25, 0.3) is 17.7 Å². The van der Waals surface area contributed by atoms with Crippen molar-refractivity contribution in [3.05, 3.63) is 34.9 Å². The summed E-state index contributed by atoms with van der Waals surface area (Å²) < 4.78 is 0. The number of hydrogen-bond donors (Lipinski definition) is 1. The van der Waals surface area contributed by atoms with Crippen LogP contribution in [0.2, 0.25) is 0 Å². The molecule has 6 nitrogen and oxygen atoms in total. The van der Waals surface area contributed by atoms with Crippen LogP contribution in [0.3, 0.4) is 0 Å². The second kappa shape index (κ2) is 4.50. The Hall–Kier alpha value is -2.50. The Morgan fingerprint density at radius 1 is 1.17 bits per heavy atom. The third-order valence-corrected chi connectivity index (χ3v) is 5.15. The van der Waals surface area contributed by atoms with Crippen LogP contribution in [0.4, 0.5) is 0 Å². The van der Waals surface area contributed by atoms with Crippen molar-refractivity contribution in [1.82, 2.24) is 10.2 Å². The number of nitrogens with zero attached hydrogens (tertiary/aromatic N) is 1. The summed E-state index contributed by atoms with van der Waals surface area (Å²) in [6.07, 6.45) is 2.05. The molecule has 23 heavy (non-hydrogen) atoms. The molecule has 0 unspecified atom stereocenters. The number of hydrogen-bond acceptors (Lipinski definition) is 4. The first-order valence-corrected chi connectivity index (χ1v) is 7.85. The number of benzene rings is 1. The van der Waals surface area contributed by atoms with Crippen molar-refractivity contribution in [1.29, 1.82) is 0 Å². The summed E-state index contributed by atoms with van der Waals surface area (Å²) in [5, 5.41) is 2.28. The number of piperidine rings is 2. The SMILES string of the molecule is CCCc1cccc2c1C(=O)N(C13CC(C1)C(=O)NC3=O)C2=O. The van der Waals surface area contributed by atoms with Crippen molar-refractivity contribution < 1.29 is 19.2 Å². The first-order chi connectivity index (χ1) is 11.0. The number of carbonyl (C=O) groups is 4. The second-order valence-electron chi connectivity index (χ2n) is 6.49. The summed E-state index contributed by atoms with van der Waals surface area (Å²) in [5.41, 5.74) is 0.436. The molecular weight excluding hydrogens is 296 g/mol. The Kier molecular flexibility index (Phi) is 2.76. The molecule has 0 spiro atoms. The molecule has 5 rings (SSSR count). The van der Waals surface area contributed by atoms with E-state index in [1.54, 1.807) is 12.1 Å². The second-order valence-corrected chi connectivity index (χ2v) is 6.49. The smallest absolute Gasteiger partial charge is 0.262 e. The predicted molar refractivity (Wildman–Crippen MR) is 79.5 cm³/mol. The Balaban J connectivity index is 1.78. The first kappa shape index (κ1) is 14.1. The third kappa shape index (κ3) is 1.63. The molecule has 1 saturated carbocycles. The van der Waals surface area contributed by atoms with E-state index in [2.05, 4.69) is 5.32 Å². The number of amides is 4. The number of nitrogens with one attached hydrogen (secondary N) is 1. The highest BCUT2D eigenvalue weighted by molar-refractivity contribution is 6.25. The van der Waals surface area contributed by atoms with E-state index >= 15 is 0 Å². The zero-order valence-electron chi connectivity index (χ0n) is 12.7. The summed E-state index contributed by atoms with van der Waals surface area (Å²) in [4.78, 5) is 50.7. The molecule has 2 saturated heterocycles. The molecule has 3 heterocycles. The van der Waals surface area contributed by atoms with Crippen molar-refractivity contribution in [2.45, 2.75) is 38.1 Å². The van der Waals surface area contributed by atoms with Crippen LogP contribution in [0.1, 0.15) is 52.5 Å². The Labute approximate surface area is 132 Å². The predicted octanol–water partition coefficient (Wildman–Crippen LogP) is 1.04. The number of fused-ring (bicyclic) bond motifs is 3. The minimum Gasteiger partial charge on any atom is -0.294 e. The van der Waals surface area contributed by atoms with E-state index < -0.39 is 23.3 Å². The molecule has 0 atom stereocenters. The highest BCUT2D eigenvalue weighted by Crippen LogP contribution is 2.48. The Bertz CT molecular complexity index is 777. The maximum Gasteiger partial charge on any atom is 0.262 e. The molecule has 1 aliphatic carbocycles. The van der Waals surface area contributed by atoms with Crippen LogP contribution in [0.15, 0.2) is 18.2 Å². The molecule has 2 bridgehead atoms. The molecule has 0 aromatic heterocycles. The topological polar surface area (TPSA) is 83.6 Å². The van der Waals surface area contributed by atoms with Crippen molar-refractivity contribution in [2.75, 3.05) is 0 Å². The van der Waals surface area contributed by atoms with Gasteiger partial charge in [0.15, 0.2) is 0 Å². The van der Waals surface area contributed by atoms with Gasteiger partial charge in [-0.1, -0.05) is 25.5 Å². The van der Waals surface area contributed by atoms with Gasteiger partial charge in [-0.3, -0.25) is 29.4 Å². The molecule has 1 N–H and O–H groups in total. The van der Waals surface area contributed by atoms with Crippen LogP contribution in [0.5, 0.6) is 0 Å². The lowest BCUT2D eigenvalue weighted by Crippen LogP contribution is -2.74. The molecule has 4 amide bonds. The van der Waals surface area contributed by atoms with Crippen LogP contribution in [-0.2, 0) is 16.0 Å². The molecule has 0 radical (unpaired) electrons. The van der Waals surface area contributed by atoms with Gasteiger partial charge >= 0.3 is 0 Å². The third-order valence-electron chi connectivity index (χ3n) is 5.15. The van der Waals surface area contributed by atoms with Crippen molar-refractivity contribution >= 4 is 23.6 Å². The van der Waals surface area contributed by atoms with E-state index in [9.17, 15) is 19.2 Å². The van der Waals surface area contributed by atoms with Gasteiger partial charge in [-0.05, 0) is 30.9 Å². The van der Waals surface area contributed by atoms with E-state index in [1.165, 1.54) is 0 Å². The quantitative estimate of drug-likeness (QED) is 0.845. The number of imide groups is 2. The van der Waals surface area contributed by atoms with Crippen LogP contribution in [0, 0.1) is 5.92 Å². The minimum absolute atomic E-state index is 0.242. The minimum atomic E-state index is -1.19. The van der Waals surface area contributed by atoms with Crippen molar-refractivity contribution in [2.24, 2.45) is 5.92 Å². The average molecular weight is 312 g/mol. The normalized spacial score (nSPS) is 28.6. The number of carbonyl (C=O) groups excluding carboxylic acids is 4. The molecule has 4 aliphatic rings. The highest BCUT2D eigenvalue weighted by Gasteiger charge is 2.65. The molecule has 3 fully saturated rings. The summed E-state index contributed by atoms with van der Waals surface area (Å²) in [5.74, 6) is -1.95. The molecule has 6 heteroatoms. The molecule has 1 aromatic carbocycles. The first-order valence-electron chi connectivity index (χ1n) is 7.85. The lowest BCUT2D eigenvalue weighted by Gasteiger charge is -2.52. The van der Waals surface area contributed by atoms with Gasteiger partial charge in [0.1, 0.15) is 5.54 Å². The Morgan fingerprint density at radius 2 is 1.91 bits per heavy atom. The molecule has 118 valence electrons. The number of rotatable bonds is 3. The van der Waals surface area contributed by atoms with Crippen molar-refractivity contribution in [3.8, 4) is 0 Å². The zero-order chi connectivity index (χ0) is 16.4. The van der Waals surface area contributed by atoms with E-state index in [4.69, 9.17) is 0 Å². The molecule has 1 aromatic rings. The van der Waals surface area contributed by atoms with E-state index in [0.29, 0.717) is 17.5 Å². The fourth-order valence-electron chi connectivity index (χ4n) is 3.96. The van der Waals surface area contributed by atoms with E-state index in [-0.39, 0.29) is 24.7 Å². The Morgan fingerprint density at radius 3 is 2.57 bits per heavy atom. The summed E-state index contributed by atoms with van der Waals surface area (Å²) in [7, 11) is 0. The molecular formula is C17H16N2O4. The zero-order valence-corrected chi connectivity index (χ0v) is 12.7. The van der Waals surface area contributed by atoms with Gasteiger partial charge in [0.2, 0.25) is 5.91 Å². The van der Waals surface area contributed by atoms with Gasteiger partial charge in [0.05, 0.1) is 11.1 Å². The van der Waals surface area contributed by atoms with Gasteiger partial charge in [-0.25, -0.2) is 0 Å². The summed E-state index contributed by atoms with van der Waals surface area (Å²) in [6.45, 7) is 2.01. The van der Waals surface area contributed by atoms with Gasteiger partial charge in [-0.2, -0.15) is 0 Å². The van der Waals surface area contributed by atoms with Crippen LogP contribution < -0.4 is 5.32 Å². The standard InChI is InChI=1S/C17H16N2O4/c1-2-4-9-5-3-6-11-12(9)15(22)19(14(11)21)17-7-10(8-17)13(20)18-16(17)23/h3,5-6,10H,2,4,7-8H2,1H3,(H,18,20,23). The average Bonchev–Trinajstić information content (AvgIpc) is 2.72. The number of aryl methyl sites for hydroxylation is 1.